The van der Waals surface area contributed by atoms with Gasteiger partial charge in [0.15, 0.2) is 5.82 Å². The molecule has 2 heterocycles. The Balaban J connectivity index is 1.76. The monoisotopic (exact) mass is 486 g/mol. The Morgan fingerprint density at radius 3 is 2.53 bits per heavy atom. The molecule has 1 atom stereocenters. The average Bonchev–Trinajstić information content (AvgIpc) is 3.34. The summed E-state index contributed by atoms with van der Waals surface area (Å²) in [5.41, 5.74) is 3.75. The van der Waals surface area contributed by atoms with Gasteiger partial charge in [-0.1, -0.05) is 63.2 Å². The van der Waals surface area contributed by atoms with Gasteiger partial charge in [0.05, 0.1) is 11.6 Å². The van der Waals surface area contributed by atoms with E-state index in [9.17, 15) is 4.79 Å². The molecule has 36 heavy (non-hydrogen) atoms. The Bertz CT molecular complexity index is 1360. The molecular weight excluding hydrogens is 448 g/mol. The van der Waals surface area contributed by atoms with Gasteiger partial charge in [0, 0.05) is 24.2 Å². The van der Waals surface area contributed by atoms with Gasteiger partial charge < -0.3 is 4.98 Å². The number of hydrogen-bond donors (Lipinski definition) is 1. The second kappa shape index (κ2) is 10.7. The molecule has 0 saturated carbocycles. The van der Waals surface area contributed by atoms with Crippen LogP contribution < -0.4 is 5.56 Å². The summed E-state index contributed by atoms with van der Waals surface area (Å²) in [6.45, 7) is 14.2. The standard InChI is InChI=1S/C29H38N6O/c1-7-29(5,6)35-27(31-32-33-35)26(20(2)3)34(16-15-22-11-9-8-10-12-22)19-24-18-23-14-13-21(4)17-25(23)30-28(24)36/h8-14,17-18,20,26H,7,15-16,19H2,1-6H3,(H,30,36). The van der Waals surface area contributed by atoms with Crippen LogP contribution >= 0.6 is 0 Å². The third-order valence-electron chi connectivity index (χ3n) is 7.20. The molecule has 4 rings (SSSR count). The molecule has 0 aliphatic heterocycles. The van der Waals surface area contributed by atoms with Crippen molar-refractivity contribution in [3.8, 4) is 0 Å². The Morgan fingerprint density at radius 2 is 1.83 bits per heavy atom. The number of fused-ring (bicyclic) bond motifs is 1. The first-order chi connectivity index (χ1) is 17.2. The van der Waals surface area contributed by atoms with Gasteiger partial charge in [-0.25, -0.2) is 4.68 Å². The second-order valence-electron chi connectivity index (χ2n) is 10.7. The van der Waals surface area contributed by atoms with Crippen molar-refractivity contribution in [1.82, 2.24) is 30.1 Å². The Kier molecular flexibility index (Phi) is 7.69. The van der Waals surface area contributed by atoms with E-state index in [1.807, 2.05) is 29.8 Å². The number of hydrogen-bond acceptors (Lipinski definition) is 5. The van der Waals surface area contributed by atoms with Crippen molar-refractivity contribution in [1.29, 1.82) is 0 Å². The molecule has 1 unspecified atom stereocenters. The molecule has 0 saturated heterocycles. The summed E-state index contributed by atoms with van der Waals surface area (Å²) in [5, 5.41) is 14.0. The van der Waals surface area contributed by atoms with E-state index in [1.165, 1.54) is 5.56 Å². The molecule has 2 aromatic heterocycles. The Labute approximate surface area is 213 Å². The summed E-state index contributed by atoms with van der Waals surface area (Å²) in [6, 6.07) is 18.6. The van der Waals surface area contributed by atoms with E-state index < -0.39 is 0 Å². The van der Waals surface area contributed by atoms with Crippen molar-refractivity contribution in [2.75, 3.05) is 6.54 Å². The fourth-order valence-corrected chi connectivity index (χ4v) is 4.77. The smallest absolute Gasteiger partial charge is 0.252 e. The van der Waals surface area contributed by atoms with Crippen LogP contribution in [0.3, 0.4) is 0 Å². The van der Waals surface area contributed by atoms with E-state index in [0.29, 0.717) is 6.54 Å². The number of aryl methyl sites for hydroxylation is 1. The van der Waals surface area contributed by atoms with E-state index in [1.54, 1.807) is 0 Å². The lowest BCUT2D eigenvalue weighted by Crippen LogP contribution is -2.39. The van der Waals surface area contributed by atoms with Crippen LogP contribution in [0.25, 0.3) is 10.9 Å². The number of aromatic amines is 1. The van der Waals surface area contributed by atoms with Crippen LogP contribution in [0.1, 0.15) is 69.6 Å². The Morgan fingerprint density at radius 1 is 1.08 bits per heavy atom. The largest absolute Gasteiger partial charge is 0.322 e. The van der Waals surface area contributed by atoms with Gasteiger partial charge in [-0.2, -0.15) is 0 Å². The summed E-state index contributed by atoms with van der Waals surface area (Å²) in [6.07, 6.45) is 1.77. The molecule has 7 nitrogen and oxygen atoms in total. The molecule has 0 radical (unpaired) electrons. The summed E-state index contributed by atoms with van der Waals surface area (Å²) in [7, 11) is 0. The summed E-state index contributed by atoms with van der Waals surface area (Å²) < 4.78 is 1.97. The van der Waals surface area contributed by atoms with Gasteiger partial charge in [0.2, 0.25) is 0 Å². The zero-order valence-electron chi connectivity index (χ0n) is 22.3. The van der Waals surface area contributed by atoms with Crippen LogP contribution in [-0.4, -0.2) is 36.6 Å². The third kappa shape index (κ3) is 5.57. The lowest BCUT2D eigenvalue weighted by molar-refractivity contribution is 0.127. The number of tetrazole rings is 1. The molecular formula is C29H38N6O. The zero-order chi connectivity index (χ0) is 25.9. The molecule has 190 valence electrons. The average molecular weight is 487 g/mol. The third-order valence-corrected chi connectivity index (χ3v) is 7.20. The SMILES string of the molecule is CCC(C)(C)n1nnnc1C(C(C)C)N(CCc1ccccc1)Cc1cc2ccc(C)cc2[nH]c1=O. The molecule has 2 aromatic carbocycles. The van der Waals surface area contributed by atoms with Crippen LogP contribution in [0.5, 0.6) is 0 Å². The maximum absolute atomic E-state index is 13.2. The molecule has 0 aliphatic rings. The highest BCUT2D eigenvalue weighted by atomic mass is 16.1. The van der Waals surface area contributed by atoms with Gasteiger partial charge in [-0.15, -0.1) is 5.10 Å². The summed E-state index contributed by atoms with van der Waals surface area (Å²) >= 11 is 0. The predicted octanol–water partition coefficient (Wildman–Crippen LogP) is 5.41. The van der Waals surface area contributed by atoms with Gasteiger partial charge in [-0.3, -0.25) is 9.69 Å². The van der Waals surface area contributed by atoms with Crippen LogP contribution in [0.4, 0.5) is 0 Å². The molecule has 7 heteroatoms. The molecule has 0 amide bonds. The number of pyridine rings is 1. The topological polar surface area (TPSA) is 79.7 Å². The van der Waals surface area contributed by atoms with Crippen LogP contribution in [0.15, 0.2) is 59.4 Å². The molecule has 0 bridgehead atoms. The number of nitrogens with one attached hydrogen (secondary N) is 1. The van der Waals surface area contributed by atoms with E-state index in [-0.39, 0.29) is 23.1 Å². The van der Waals surface area contributed by atoms with E-state index in [4.69, 9.17) is 0 Å². The van der Waals surface area contributed by atoms with Crippen molar-refractivity contribution >= 4 is 10.9 Å². The van der Waals surface area contributed by atoms with E-state index in [2.05, 4.69) is 96.4 Å². The lowest BCUT2D eigenvalue weighted by Gasteiger charge is -2.35. The van der Waals surface area contributed by atoms with Crippen molar-refractivity contribution in [2.45, 2.75) is 72.5 Å². The molecule has 1 N–H and O–H groups in total. The first-order valence-electron chi connectivity index (χ1n) is 12.9. The molecule has 0 aliphatic carbocycles. The minimum Gasteiger partial charge on any atom is -0.322 e. The van der Waals surface area contributed by atoms with Gasteiger partial charge in [0.25, 0.3) is 5.56 Å². The molecule has 4 aromatic rings. The number of rotatable bonds is 10. The van der Waals surface area contributed by atoms with Crippen molar-refractivity contribution in [2.24, 2.45) is 5.92 Å². The van der Waals surface area contributed by atoms with Crippen LogP contribution in [-0.2, 0) is 18.5 Å². The minimum atomic E-state index is -0.213. The predicted molar refractivity (Wildman–Crippen MR) is 145 cm³/mol. The molecule has 0 fully saturated rings. The second-order valence-corrected chi connectivity index (χ2v) is 10.7. The highest BCUT2D eigenvalue weighted by molar-refractivity contribution is 5.79. The summed E-state index contributed by atoms with van der Waals surface area (Å²) in [5.74, 6) is 1.08. The normalized spacial score (nSPS) is 13.1. The van der Waals surface area contributed by atoms with Gasteiger partial charge in [-0.05, 0) is 78.6 Å². The van der Waals surface area contributed by atoms with E-state index >= 15 is 0 Å². The molecule has 0 spiro atoms. The van der Waals surface area contributed by atoms with Gasteiger partial charge in [0.1, 0.15) is 0 Å². The van der Waals surface area contributed by atoms with Crippen molar-refractivity contribution < 1.29 is 0 Å². The van der Waals surface area contributed by atoms with Gasteiger partial charge >= 0.3 is 0 Å². The fourth-order valence-electron chi connectivity index (χ4n) is 4.77. The zero-order valence-corrected chi connectivity index (χ0v) is 22.3. The summed E-state index contributed by atoms with van der Waals surface area (Å²) in [4.78, 5) is 18.6. The fraction of sp³-hybridized carbons (Fsp3) is 0.448. The number of aromatic nitrogens is 5. The van der Waals surface area contributed by atoms with Crippen LogP contribution in [0, 0.1) is 12.8 Å². The first-order valence-corrected chi connectivity index (χ1v) is 12.9. The number of benzene rings is 2. The Hall–Kier alpha value is -3.32. The lowest BCUT2D eigenvalue weighted by atomic mass is 9.97. The highest BCUT2D eigenvalue weighted by Crippen LogP contribution is 2.32. The highest BCUT2D eigenvalue weighted by Gasteiger charge is 2.33. The van der Waals surface area contributed by atoms with Crippen molar-refractivity contribution in [3.05, 3.63) is 87.5 Å². The first kappa shape index (κ1) is 25.8. The van der Waals surface area contributed by atoms with Crippen molar-refractivity contribution in [3.63, 3.8) is 0 Å². The minimum absolute atomic E-state index is 0.0474. The maximum Gasteiger partial charge on any atom is 0.252 e. The number of H-pyrrole nitrogens is 1. The van der Waals surface area contributed by atoms with Crippen LogP contribution in [0.2, 0.25) is 0 Å². The quantitative estimate of drug-likeness (QED) is 0.324. The van der Waals surface area contributed by atoms with E-state index in [0.717, 1.165) is 47.2 Å². The number of nitrogens with zero attached hydrogens (tertiary/aromatic N) is 5. The maximum atomic E-state index is 13.2.